The Bertz CT molecular complexity index is 737. The van der Waals surface area contributed by atoms with Crippen LogP contribution in [0.4, 0.5) is 10.7 Å². The molecule has 0 aliphatic carbocycles. The minimum Gasteiger partial charge on any atom is -0.444 e. The Balaban J connectivity index is 1.54. The summed E-state index contributed by atoms with van der Waals surface area (Å²) >= 11 is 0. The summed E-state index contributed by atoms with van der Waals surface area (Å²) in [7, 11) is 0. The van der Waals surface area contributed by atoms with Crippen LogP contribution in [0.3, 0.4) is 0 Å². The number of fused-ring (bicyclic) bond motifs is 1. The maximum absolute atomic E-state index is 12.4. The number of benzene rings is 1. The Morgan fingerprint density at radius 3 is 2.56 bits per heavy atom. The lowest BCUT2D eigenvalue weighted by molar-refractivity contribution is -0.121. The average Bonchev–Trinajstić information content (AvgIpc) is 2.95. The quantitative estimate of drug-likeness (QED) is 0.876. The van der Waals surface area contributed by atoms with Crippen LogP contribution in [0.5, 0.6) is 0 Å². The van der Waals surface area contributed by atoms with E-state index in [-0.39, 0.29) is 17.9 Å². The van der Waals surface area contributed by atoms with Crippen LogP contribution in [-0.4, -0.2) is 45.6 Å². The van der Waals surface area contributed by atoms with Crippen LogP contribution in [0.2, 0.25) is 0 Å². The van der Waals surface area contributed by atoms with Crippen molar-refractivity contribution in [1.82, 2.24) is 14.9 Å². The van der Waals surface area contributed by atoms with Crippen LogP contribution in [0.1, 0.15) is 33.6 Å². The Labute approximate surface area is 146 Å². The number of para-hydroxylation sites is 2. The predicted octanol–water partition coefficient (Wildman–Crippen LogP) is 3.15. The molecule has 0 atom stereocenters. The van der Waals surface area contributed by atoms with Gasteiger partial charge in [-0.1, -0.05) is 12.1 Å². The normalized spacial score (nSPS) is 16.0. The number of nitrogens with one attached hydrogen (secondary N) is 2. The molecule has 7 nitrogen and oxygen atoms in total. The van der Waals surface area contributed by atoms with Crippen LogP contribution < -0.4 is 5.32 Å². The van der Waals surface area contributed by atoms with Crippen LogP contribution in [0.25, 0.3) is 11.0 Å². The van der Waals surface area contributed by atoms with E-state index in [9.17, 15) is 9.59 Å². The molecule has 1 aromatic carbocycles. The van der Waals surface area contributed by atoms with Gasteiger partial charge in [-0.15, -0.1) is 0 Å². The number of rotatable bonds is 2. The number of H-pyrrole nitrogens is 1. The van der Waals surface area contributed by atoms with Crippen molar-refractivity contribution in [2.75, 3.05) is 18.4 Å². The highest BCUT2D eigenvalue weighted by Crippen LogP contribution is 2.21. The van der Waals surface area contributed by atoms with Gasteiger partial charge >= 0.3 is 6.09 Å². The fourth-order valence-corrected chi connectivity index (χ4v) is 2.88. The van der Waals surface area contributed by atoms with Crippen molar-refractivity contribution in [3.8, 4) is 0 Å². The highest BCUT2D eigenvalue weighted by Gasteiger charge is 2.30. The van der Waals surface area contributed by atoms with E-state index >= 15 is 0 Å². The Morgan fingerprint density at radius 2 is 1.92 bits per heavy atom. The molecule has 25 heavy (non-hydrogen) atoms. The lowest BCUT2D eigenvalue weighted by atomic mass is 9.96. The second-order valence-electron chi connectivity index (χ2n) is 7.33. The van der Waals surface area contributed by atoms with Gasteiger partial charge in [-0.2, -0.15) is 0 Å². The molecule has 1 saturated heterocycles. The molecule has 1 fully saturated rings. The van der Waals surface area contributed by atoms with Gasteiger partial charge in [0, 0.05) is 19.0 Å². The first-order valence-electron chi connectivity index (χ1n) is 8.55. The number of amides is 2. The summed E-state index contributed by atoms with van der Waals surface area (Å²) in [5.41, 5.74) is 1.20. The van der Waals surface area contributed by atoms with Crippen molar-refractivity contribution < 1.29 is 14.3 Å². The number of aromatic amines is 1. The summed E-state index contributed by atoms with van der Waals surface area (Å²) in [5, 5.41) is 2.84. The van der Waals surface area contributed by atoms with Gasteiger partial charge < -0.3 is 14.6 Å². The van der Waals surface area contributed by atoms with Crippen LogP contribution in [0, 0.1) is 5.92 Å². The van der Waals surface area contributed by atoms with Crippen LogP contribution in [-0.2, 0) is 9.53 Å². The Kier molecular flexibility index (Phi) is 4.65. The molecule has 2 amide bonds. The molecule has 0 unspecified atom stereocenters. The molecule has 7 heteroatoms. The zero-order chi connectivity index (χ0) is 18.0. The number of carbonyl (C=O) groups excluding carboxylic acids is 2. The number of piperidine rings is 1. The van der Waals surface area contributed by atoms with E-state index in [0.717, 1.165) is 11.0 Å². The molecule has 1 aromatic heterocycles. The van der Waals surface area contributed by atoms with E-state index in [2.05, 4.69) is 15.3 Å². The van der Waals surface area contributed by atoms with E-state index in [1.807, 2.05) is 45.0 Å². The third kappa shape index (κ3) is 4.29. The van der Waals surface area contributed by atoms with Crippen molar-refractivity contribution in [1.29, 1.82) is 0 Å². The minimum absolute atomic E-state index is 0.0668. The topological polar surface area (TPSA) is 87.3 Å². The number of hydrogen-bond acceptors (Lipinski definition) is 4. The van der Waals surface area contributed by atoms with E-state index in [4.69, 9.17) is 4.74 Å². The molecule has 0 bridgehead atoms. The first-order valence-corrected chi connectivity index (χ1v) is 8.55. The number of anilines is 1. The van der Waals surface area contributed by atoms with Gasteiger partial charge in [0.1, 0.15) is 5.60 Å². The van der Waals surface area contributed by atoms with Gasteiger partial charge in [0.15, 0.2) is 0 Å². The number of hydrogen-bond donors (Lipinski definition) is 2. The molecule has 2 heterocycles. The SMILES string of the molecule is CC(C)(C)OC(=O)N1CCC(C(=O)Nc2nc3ccccc3[nH]2)CC1. The zero-order valence-electron chi connectivity index (χ0n) is 14.8. The number of likely N-dealkylation sites (tertiary alicyclic amines) is 1. The number of ether oxygens (including phenoxy) is 1. The monoisotopic (exact) mass is 344 g/mol. The van der Waals surface area contributed by atoms with Gasteiger partial charge in [0.05, 0.1) is 11.0 Å². The minimum atomic E-state index is -0.507. The van der Waals surface area contributed by atoms with Gasteiger partial charge in [0.25, 0.3) is 0 Å². The van der Waals surface area contributed by atoms with E-state index < -0.39 is 5.60 Å². The molecular formula is C18H24N4O3. The maximum Gasteiger partial charge on any atom is 0.410 e. The van der Waals surface area contributed by atoms with Gasteiger partial charge in [-0.25, -0.2) is 9.78 Å². The lowest BCUT2D eigenvalue weighted by Crippen LogP contribution is -2.43. The highest BCUT2D eigenvalue weighted by atomic mass is 16.6. The smallest absolute Gasteiger partial charge is 0.410 e. The summed E-state index contributed by atoms with van der Waals surface area (Å²) in [5.74, 6) is 0.260. The zero-order valence-corrected chi connectivity index (χ0v) is 14.8. The largest absolute Gasteiger partial charge is 0.444 e. The molecule has 134 valence electrons. The van der Waals surface area contributed by atoms with E-state index in [0.29, 0.717) is 31.9 Å². The third-order valence-electron chi connectivity index (χ3n) is 4.15. The summed E-state index contributed by atoms with van der Waals surface area (Å²) in [6, 6.07) is 7.62. The second kappa shape index (κ2) is 6.74. The van der Waals surface area contributed by atoms with Crippen molar-refractivity contribution in [3.05, 3.63) is 24.3 Å². The fourth-order valence-electron chi connectivity index (χ4n) is 2.88. The molecule has 2 N–H and O–H groups in total. The van der Waals surface area contributed by atoms with Crippen molar-refractivity contribution in [2.24, 2.45) is 5.92 Å². The van der Waals surface area contributed by atoms with E-state index in [1.54, 1.807) is 4.90 Å². The molecule has 1 aliphatic rings. The molecule has 2 aromatic rings. The predicted molar refractivity (Wildman–Crippen MR) is 95.3 cm³/mol. The van der Waals surface area contributed by atoms with Crippen molar-refractivity contribution >= 4 is 29.0 Å². The fraction of sp³-hybridized carbons (Fsp3) is 0.500. The number of nitrogens with zero attached hydrogens (tertiary/aromatic N) is 2. The van der Waals surface area contributed by atoms with Gasteiger partial charge in [-0.05, 0) is 45.7 Å². The number of aromatic nitrogens is 2. The summed E-state index contributed by atoms with van der Waals surface area (Å²) < 4.78 is 5.37. The van der Waals surface area contributed by atoms with Gasteiger partial charge in [0.2, 0.25) is 11.9 Å². The molecular weight excluding hydrogens is 320 g/mol. The molecule has 3 rings (SSSR count). The standard InChI is InChI=1S/C18H24N4O3/c1-18(2,3)25-17(24)22-10-8-12(9-11-22)15(23)21-16-19-13-6-4-5-7-14(13)20-16/h4-7,12H,8-11H2,1-3H3,(H2,19,20,21,23). The average molecular weight is 344 g/mol. The van der Waals surface area contributed by atoms with Crippen LogP contribution >= 0.6 is 0 Å². The Hall–Kier alpha value is -2.57. The second-order valence-corrected chi connectivity index (χ2v) is 7.33. The lowest BCUT2D eigenvalue weighted by Gasteiger charge is -2.32. The Morgan fingerprint density at radius 1 is 1.24 bits per heavy atom. The van der Waals surface area contributed by atoms with E-state index in [1.165, 1.54) is 0 Å². The summed E-state index contributed by atoms with van der Waals surface area (Å²) in [4.78, 5) is 33.6. The highest BCUT2D eigenvalue weighted by molar-refractivity contribution is 5.92. The van der Waals surface area contributed by atoms with Crippen LogP contribution in [0.15, 0.2) is 24.3 Å². The number of carbonyl (C=O) groups is 2. The maximum atomic E-state index is 12.4. The molecule has 1 aliphatic heterocycles. The molecule has 0 spiro atoms. The van der Waals surface area contributed by atoms with Gasteiger partial charge in [-0.3, -0.25) is 10.1 Å². The number of imidazole rings is 1. The molecule has 0 radical (unpaired) electrons. The van der Waals surface area contributed by atoms with Crippen molar-refractivity contribution in [2.45, 2.75) is 39.2 Å². The summed E-state index contributed by atoms with van der Waals surface area (Å²) in [6.45, 7) is 6.58. The third-order valence-corrected chi connectivity index (χ3v) is 4.15. The first-order chi connectivity index (χ1) is 11.8. The molecule has 0 saturated carbocycles. The van der Waals surface area contributed by atoms with Crippen molar-refractivity contribution in [3.63, 3.8) is 0 Å². The first kappa shape index (κ1) is 17.3. The summed E-state index contributed by atoms with van der Waals surface area (Å²) in [6.07, 6.45) is 0.917.